The van der Waals surface area contributed by atoms with Gasteiger partial charge in [0.25, 0.3) is 5.01 Å². The predicted molar refractivity (Wildman–Crippen MR) is 169 cm³/mol. The second-order valence-corrected chi connectivity index (χ2v) is 15.3. The van der Waals surface area contributed by atoms with E-state index in [-0.39, 0.29) is 5.41 Å². The first-order valence-electron chi connectivity index (χ1n) is 13.4. The maximum Gasteiger partial charge on any atom is 0.263 e. The van der Waals surface area contributed by atoms with E-state index in [1.807, 2.05) is 36.1 Å². The van der Waals surface area contributed by atoms with Crippen LogP contribution in [0.15, 0.2) is 79.4 Å². The molecule has 2 aliphatic rings. The van der Waals surface area contributed by atoms with Gasteiger partial charge in [-0.1, -0.05) is 49.9 Å². The number of nitrogens with zero attached hydrogens (tertiary/aromatic N) is 2. The number of thioether (sulfide) groups is 2. The molecule has 1 aliphatic carbocycles. The molecule has 1 unspecified atom stereocenters. The average molecular weight is 582 g/mol. The minimum atomic E-state index is -0.931. The molecule has 0 radical (unpaired) electrons. The summed E-state index contributed by atoms with van der Waals surface area (Å²) in [7, 11) is -0.931. The molecular formula is C31H37N2OS4+. The number of aromatic nitrogens is 1. The Balaban J connectivity index is 1.52. The summed E-state index contributed by atoms with van der Waals surface area (Å²) in [5.74, 6) is 0.650. The van der Waals surface area contributed by atoms with Crippen molar-refractivity contribution < 1.29 is 8.78 Å². The lowest BCUT2D eigenvalue weighted by Crippen LogP contribution is -2.33. The summed E-state index contributed by atoms with van der Waals surface area (Å²) >= 11 is 5.50. The summed E-state index contributed by atoms with van der Waals surface area (Å²) in [6, 6.07) is 13.1. The van der Waals surface area contributed by atoms with Gasteiger partial charge in [-0.2, -0.15) is 4.57 Å². The summed E-state index contributed by atoms with van der Waals surface area (Å²) in [6.07, 6.45) is 11.5. The highest BCUT2D eigenvalue weighted by molar-refractivity contribution is 8.03. The van der Waals surface area contributed by atoms with Crippen LogP contribution in [0.1, 0.15) is 52.5 Å². The number of hydrogen-bond donors (Lipinski definition) is 0. The minimum absolute atomic E-state index is 0.199. The Morgan fingerprint density at radius 1 is 1.11 bits per heavy atom. The minimum Gasteiger partial charge on any atom is -0.335 e. The average Bonchev–Trinajstić information content (AvgIpc) is 3.42. The monoisotopic (exact) mass is 581 g/mol. The summed E-state index contributed by atoms with van der Waals surface area (Å²) in [4.78, 5) is 6.05. The van der Waals surface area contributed by atoms with Crippen molar-refractivity contribution in [3.05, 3.63) is 69.7 Å². The predicted octanol–water partition coefficient (Wildman–Crippen LogP) is 8.66. The van der Waals surface area contributed by atoms with Crippen molar-refractivity contribution in [3.8, 4) is 0 Å². The molecule has 3 nitrogen and oxygen atoms in total. The van der Waals surface area contributed by atoms with Gasteiger partial charge in [0.05, 0.1) is 21.5 Å². The Hall–Kier alpha value is -1.80. The highest BCUT2D eigenvalue weighted by Crippen LogP contribution is 2.48. The molecule has 0 bridgehead atoms. The van der Waals surface area contributed by atoms with Crippen LogP contribution in [0.2, 0.25) is 0 Å². The molecule has 38 heavy (non-hydrogen) atoms. The molecule has 1 aliphatic heterocycles. The Morgan fingerprint density at radius 3 is 2.63 bits per heavy atom. The van der Waals surface area contributed by atoms with E-state index in [1.165, 1.54) is 46.9 Å². The number of allylic oxidation sites excluding steroid dienone is 4. The lowest BCUT2D eigenvalue weighted by atomic mass is 9.75. The molecule has 7 heteroatoms. The molecule has 0 fully saturated rings. The Morgan fingerprint density at radius 2 is 1.92 bits per heavy atom. The van der Waals surface area contributed by atoms with Gasteiger partial charge in [-0.25, -0.2) is 0 Å². The molecular weight excluding hydrogens is 545 g/mol. The molecule has 0 spiro atoms. The van der Waals surface area contributed by atoms with Crippen LogP contribution in [0.3, 0.4) is 0 Å². The van der Waals surface area contributed by atoms with Crippen LogP contribution in [-0.4, -0.2) is 22.8 Å². The first-order valence-corrected chi connectivity index (χ1v) is 17.5. The number of fused-ring (bicyclic) bond motifs is 2. The maximum atomic E-state index is 12.4. The molecule has 0 saturated carbocycles. The number of benzene rings is 2. The van der Waals surface area contributed by atoms with Gasteiger partial charge >= 0.3 is 0 Å². The van der Waals surface area contributed by atoms with Crippen LogP contribution in [0.5, 0.6) is 0 Å². The van der Waals surface area contributed by atoms with Gasteiger partial charge in [0.1, 0.15) is 11.2 Å². The third kappa shape index (κ3) is 5.58. The third-order valence-electron chi connectivity index (χ3n) is 7.15. The summed E-state index contributed by atoms with van der Waals surface area (Å²) in [5.41, 5.74) is 5.54. The van der Waals surface area contributed by atoms with E-state index in [2.05, 4.69) is 92.0 Å². The number of hydrogen-bond acceptors (Lipinski definition) is 5. The standard InChI is InChI=1S/C31H37N2OS4/c1-7-32-25-12-11-24(38(34)9-3)18-28(25)37-29(32)15-21-14-22(20-31(4,5)19-21)16-30-33(8-2)26-17-23(35-6)10-13-27(26)36-30/h10-18H,7-9,19-20H2,1-6H3/q+1. The molecule has 0 N–H and O–H groups in total. The zero-order valence-corrected chi connectivity index (χ0v) is 26.4. The zero-order valence-electron chi connectivity index (χ0n) is 23.2. The highest BCUT2D eigenvalue weighted by Gasteiger charge is 2.29. The molecule has 5 rings (SSSR count). The fourth-order valence-corrected chi connectivity index (χ4v) is 9.22. The van der Waals surface area contributed by atoms with E-state index in [4.69, 9.17) is 0 Å². The lowest BCUT2D eigenvalue weighted by molar-refractivity contribution is -0.665. The van der Waals surface area contributed by atoms with Gasteiger partial charge in [-0.05, 0) is 85.9 Å². The highest BCUT2D eigenvalue weighted by atomic mass is 32.2. The fraction of sp³-hybridized carbons (Fsp3) is 0.387. The first kappa shape index (κ1) is 27.8. The van der Waals surface area contributed by atoms with Crippen LogP contribution < -0.4 is 9.47 Å². The Bertz CT molecular complexity index is 1500. The Labute approximate surface area is 242 Å². The Kier molecular flexibility index (Phi) is 8.30. The summed E-state index contributed by atoms with van der Waals surface area (Å²) in [6.45, 7) is 13.1. The molecule has 1 aromatic heterocycles. The smallest absolute Gasteiger partial charge is 0.263 e. The molecule has 0 amide bonds. The fourth-order valence-electron chi connectivity index (χ4n) is 5.48. The van der Waals surface area contributed by atoms with Crippen molar-refractivity contribution in [1.29, 1.82) is 0 Å². The zero-order chi connectivity index (χ0) is 27.0. The van der Waals surface area contributed by atoms with E-state index in [1.54, 1.807) is 11.8 Å². The van der Waals surface area contributed by atoms with Crippen molar-refractivity contribution in [3.63, 3.8) is 0 Å². The van der Waals surface area contributed by atoms with Gasteiger partial charge < -0.3 is 4.90 Å². The SMILES string of the molecule is CCN1/C(=C/C2=CC(=C/c3sc4cc(S(=O)CC)ccc4[n+]3CC)/CC(C)(C)C2)Sc2ccc(SC)cc21. The number of anilines is 1. The number of thiazole rings is 1. The topological polar surface area (TPSA) is 24.2 Å². The van der Waals surface area contributed by atoms with Gasteiger partial charge in [0.15, 0.2) is 0 Å². The maximum absolute atomic E-state index is 12.4. The van der Waals surface area contributed by atoms with Crippen molar-refractivity contribution in [1.82, 2.24) is 0 Å². The number of aryl methyl sites for hydroxylation is 1. The van der Waals surface area contributed by atoms with Gasteiger partial charge in [0, 0.05) is 39.1 Å². The summed E-state index contributed by atoms with van der Waals surface area (Å²) < 4.78 is 16.0. The van der Waals surface area contributed by atoms with Crippen molar-refractivity contribution >= 4 is 67.6 Å². The molecule has 3 aromatic rings. The van der Waals surface area contributed by atoms with Crippen LogP contribution in [0, 0.1) is 5.41 Å². The van der Waals surface area contributed by atoms with Crippen LogP contribution in [0.25, 0.3) is 16.3 Å². The van der Waals surface area contributed by atoms with E-state index in [0.29, 0.717) is 5.75 Å². The van der Waals surface area contributed by atoms with Crippen molar-refractivity contribution in [2.45, 2.75) is 68.7 Å². The van der Waals surface area contributed by atoms with E-state index < -0.39 is 10.8 Å². The van der Waals surface area contributed by atoms with E-state index in [0.717, 1.165) is 30.8 Å². The van der Waals surface area contributed by atoms with E-state index in [9.17, 15) is 4.21 Å². The quantitative estimate of drug-likeness (QED) is 0.206. The molecule has 1 atom stereocenters. The largest absolute Gasteiger partial charge is 0.335 e. The van der Waals surface area contributed by atoms with Crippen LogP contribution >= 0.6 is 34.9 Å². The lowest BCUT2D eigenvalue weighted by Gasteiger charge is -2.31. The van der Waals surface area contributed by atoms with Crippen molar-refractivity contribution in [2.24, 2.45) is 5.41 Å². The second-order valence-electron chi connectivity index (χ2n) is 10.6. The van der Waals surface area contributed by atoms with Gasteiger partial charge in [-0.3, -0.25) is 4.21 Å². The van der Waals surface area contributed by atoms with Crippen LogP contribution in [0.4, 0.5) is 5.69 Å². The normalized spacial score (nSPS) is 19.8. The molecule has 200 valence electrons. The van der Waals surface area contributed by atoms with E-state index >= 15 is 0 Å². The first-order chi connectivity index (χ1) is 18.2. The number of rotatable bonds is 7. The second kappa shape index (κ2) is 11.4. The molecule has 2 aromatic carbocycles. The van der Waals surface area contributed by atoms with Crippen LogP contribution in [-0.2, 0) is 17.3 Å². The summed E-state index contributed by atoms with van der Waals surface area (Å²) in [5, 5.41) is 2.59. The van der Waals surface area contributed by atoms with Gasteiger partial charge in [-0.15, -0.1) is 11.8 Å². The molecule has 0 saturated heterocycles. The van der Waals surface area contributed by atoms with Crippen molar-refractivity contribution in [2.75, 3.05) is 23.5 Å². The third-order valence-corrected chi connectivity index (χ3v) is 11.4. The molecule has 2 heterocycles. The van der Waals surface area contributed by atoms with Gasteiger partial charge in [0.2, 0.25) is 5.52 Å².